The molecule has 0 aromatic heterocycles. The van der Waals surface area contributed by atoms with Crippen molar-refractivity contribution in [3.63, 3.8) is 0 Å². The van der Waals surface area contributed by atoms with Crippen molar-refractivity contribution in [2.45, 2.75) is 12.8 Å². The molecule has 1 nitrogen and oxygen atoms in total. The standard InChI is InChI=1S/C16H14F2O/c1-11(10-19)16(12-2-6-14(17)7-3-12)13-4-8-15(18)9-5-13/h2-11,16H,1H3. The number of rotatable bonds is 4. The maximum absolute atomic E-state index is 13.0. The van der Waals surface area contributed by atoms with E-state index in [1.807, 2.05) is 0 Å². The molecule has 2 rings (SSSR count). The van der Waals surface area contributed by atoms with Crippen LogP contribution in [-0.4, -0.2) is 6.29 Å². The number of aldehydes is 1. The lowest BCUT2D eigenvalue weighted by Crippen LogP contribution is -2.12. The highest BCUT2D eigenvalue weighted by Gasteiger charge is 2.21. The molecular formula is C16H14F2O. The monoisotopic (exact) mass is 260 g/mol. The summed E-state index contributed by atoms with van der Waals surface area (Å²) in [5.41, 5.74) is 1.68. The molecule has 0 aliphatic heterocycles. The average Bonchev–Trinajstić information content (AvgIpc) is 2.43. The van der Waals surface area contributed by atoms with Gasteiger partial charge in [-0.05, 0) is 35.4 Å². The lowest BCUT2D eigenvalue weighted by atomic mass is 9.82. The molecule has 0 N–H and O–H groups in total. The van der Waals surface area contributed by atoms with E-state index < -0.39 is 0 Å². The van der Waals surface area contributed by atoms with Gasteiger partial charge in [0.1, 0.15) is 17.9 Å². The molecule has 0 radical (unpaired) electrons. The van der Waals surface area contributed by atoms with Crippen molar-refractivity contribution >= 4 is 6.29 Å². The maximum atomic E-state index is 13.0. The Hall–Kier alpha value is -2.03. The normalized spacial score (nSPS) is 12.4. The molecule has 2 aromatic carbocycles. The summed E-state index contributed by atoms with van der Waals surface area (Å²) < 4.78 is 25.9. The first-order valence-corrected chi connectivity index (χ1v) is 6.08. The van der Waals surface area contributed by atoms with Crippen molar-refractivity contribution in [3.05, 3.63) is 71.3 Å². The third kappa shape index (κ3) is 3.05. The number of carbonyl (C=O) groups excluding carboxylic acids is 1. The number of halogens is 2. The van der Waals surface area contributed by atoms with Gasteiger partial charge in [0, 0.05) is 11.8 Å². The van der Waals surface area contributed by atoms with Gasteiger partial charge in [-0.3, -0.25) is 0 Å². The summed E-state index contributed by atoms with van der Waals surface area (Å²) in [7, 11) is 0. The van der Waals surface area contributed by atoms with Crippen LogP contribution in [0.1, 0.15) is 24.0 Å². The van der Waals surface area contributed by atoms with Gasteiger partial charge < -0.3 is 4.79 Å². The van der Waals surface area contributed by atoms with E-state index >= 15 is 0 Å². The minimum atomic E-state index is -0.319. The van der Waals surface area contributed by atoms with Crippen LogP contribution in [0.2, 0.25) is 0 Å². The Labute approximate surface area is 110 Å². The van der Waals surface area contributed by atoms with Crippen molar-refractivity contribution < 1.29 is 13.6 Å². The molecule has 3 heteroatoms. The Balaban J connectivity index is 2.43. The topological polar surface area (TPSA) is 17.1 Å². The van der Waals surface area contributed by atoms with E-state index in [9.17, 15) is 13.6 Å². The highest BCUT2D eigenvalue weighted by molar-refractivity contribution is 5.57. The highest BCUT2D eigenvalue weighted by Crippen LogP contribution is 2.31. The van der Waals surface area contributed by atoms with Crippen molar-refractivity contribution in [3.8, 4) is 0 Å². The molecule has 19 heavy (non-hydrogen) atoms. The van der Waals surface area contributed by atoms with Gasteiger partial charge in [-0.15, -0.1) is 0 Å². The molecular weight excluding hydrogens is 246 g/mol. The fourth-order valence-electron chi connectivity index (χ4n) is 2.22. The van der Waals surface area contributed by atoms with Gasteiger partial charge in [-0.25, -0.2) is 8.78 Å². The van der Waals surface area contributed by atoms with E-state index in [0.717, 1.165) is 17.4 Å². The molecule has 0 aliphatic carbocycles. The van der Waals surface area contributed by atoms with Crippen LogP contribution in [0.4, 0.5) is 8.78 Å². The van der Waals surface area contributed by atoms with Crippen LogP contribution in [0.15, 0.2) is 48.5 Å². The van der Waals surface area contributed by atoms with Crippen molar-refractivity contribution in [1.82, 2.24) is 0 Å². The van der Waals surface area contributed by atoms with E-state index in [1.54, 1.807) is 31.2 Å². The number of hydrogen-bond acceptors (Lipinski definition) is 1. The second-order valence-corrected chi connectivity index (χ2v) is 4.58. The van der Waals surface area contributed by atoms with Crippen molar-refractivity contribution in [1.29, 1.82) is 0 Å². The summed E-state index contributed by atoms with van der Waals surface area (Å²) in [4.78, 5) is 11.1. The fourth-order valence-corrected chi connectivity index (χ4v) is 2.22. The summed E-state index contributed by atoms with van der Waals surface area (Å²) in [5.74, 6) is -1.10. The van der Waals surface area contributed by atoms with Crippen LogP contribution in [0.3, 0.4) is 0 Å². The number of benzene rings is 2. The third-order valence-corrected chi connectivity index (χ3v) is 3.20. The Bertz CT molecular complexity index is 500. The minimum absolute atomic E-state index is 0.196. The third-order valence-electron chi connectivity index (χ3n) is 3.20. The van der Waals surface area contributed by atoms with Gasteiger partial charge >= 0.3 is 0 Å². The maximum Gasteiger partial charge on any atom is 0.123 e. The van der Waals surface area contributed by atoms with Crippen LogP contribution >= 0.6 is 0 Å². The lowest BCUT2D eigenvalue weighted by molar-refractivity contribution is -0.111. The molecule has 0 fully saturated rings. The predicted molar refractivity (Wildman–Crippen MR) is 69.9 cm³/mol. The molecule has 0 amide bonds. The summed E-state index contributed by atoms with van der Waals surface area (Å²) >= 11 is 0. The lowest BCUT2D eigenvalue weighted by Gasteiger charge is -2.21. The van der Waals surface area contributed by atoms with Crippen LogP contribution < -0.4 is 0 Å². The zero-order valence-electron chi connectivity index (χ0n) is 10.5. The van der Waals surface area contributed by atoms with Crippen LogP contribution in [0.5, 0.6) is 0 Å². The van der Waals surface area contributed by atoms with Gasteiger partial charge in [-0.2, -0.15) is 0 Å². The minimum Gasteiger partial charge on any atom is -0.303 e. The predicted octanol–water partition coefficient (Wildman–Crippen LogP) is 3.93. The summed E-state index contributed by atoms with van der Waals surface area (Å²) in [6.45, 7) is 1.80. The molecule has 1 unspecified atom stereocenters. The average molecular weight is 260 g/mol. The summed E-state index contributed by atoms with van der Waals surface area (Å²) in [5, 5.41) is 0. The molecule has 0 saturated heterocycles. The van der Waals surface area contributed by atoms with Crippen LogP contribution in [0, 0.1) is 17.6 Å². The van der Waals surface area contributed by atoms with Gasteiger partial charge in [-0.1, -0.05) is 31.2 Å². The second kappa shape index (κ2) is 5.74. The Morgan fingerprint density at radius 1 is 0.842 bits per heavy atom. The number of carbonyl (C=O) groups is 1. The van der Waals surface area contributed by atoms with Crippen molar-refractivity contribution in [2.75, 3.05) is 0 Å². The Morgan fingerprint density at radius 3 is 1.53 bits per heavy atom. The van der Waals surface area contributed by atoms with Gasteiger partial charge in [0.15, 0.2) is 0 Å². The molecule has 98 valence electrons. The SMILES string of the molecule is CC(C=O)C(c1ccc(F)cc1)c1ccc(F)cc1. The molecule has 0 saturated carbocycles. The first-order valence-electron chi connectivity index (χ1n) is 6.08. The fraction of sp³-hybridized carbons (Fsp3) is 0.188. The molecule has 0 spiro atoms. The van der Waals surface area contributed by atoms with Gasteiger partial charge in [0.2, 0.25) is 0 Å². The first-order chi connectivity index (χ1) is 9.11. The summed E-state index contributed by atoms with van der Waals surface area (Å²) in [6.07, 6.45) is 0.859. The largest absolute Gasteiger partial charge is 0.303 e. The van der Waals surface area contributed by atoms with Crippen LogP contribution in [0.25, 0.3) is 0 Å². The molecule has 0 aliphatic rings. The Morgan fingerprint density at radius 2 is 1.21 bits per heavy atom. The van der Waals surface area contributed by atoms with E-state index in [2.05, 4.69) is 0 Å². The van der Waals surface area contributed by atoms with Crippen molar-refractivity contribution in [2.24, 2.45) is 5.92 Å². The smallest absolute Gasteiger partial charge is 0.123 e. The van der Waals surface area contributed by atoms with E-state index in [-0.39, 0.29) is 23.5 Å². The quantitative estimate of drug-likeness (QED) is 0.761. The molecule has 1 atom stereocenters. The van der Waals surface area contributed by atoms with Gasteiger partial charge in [0.25, 0.3) is 0 Å². The van der Waals surface area contributed by atoms with Crippen LogP contribution in [-0.2, 0) is 4.79 Å². The zero-order valence-corrected chi connectivity index (χ0v) is 10.5. The highest BCUT2D eigenvalue weighted by atomic mass is 19.1. The van der Waals surface area contributed by atoms with E-state index in [1.165, 1.54) is 24.3 Å². The Kier molecular flexibility index (Phi) is 4.05. The molecule has 2 aromatic rings. The second-order valence-electron chi connectivity index (χ2n) is 4.58. The zero-order chi connectivity index (χ0) is 13.8. The van der Waals surface area contributed by atoms with E-state index in [0.29, 0.717) is 0 Å². The first kappa shape index (κ1) is 13.4. The van der Waals surface area contributed by atoms with E-state index in [4.69, 9.17) is 0 Å². The van der Waals surface area contributed by atoms with Gasteiger partial charge in [0.05, 0.1) is 0 Å². The summed E-state index contributed by atoms with van der Waals surface area (Å²) in [6, 6.07) is 12.1. The molecule has 0 heterocycles. The number of hydrogen-bond donors (Lipinski definition) is 0. The molecule has 0 bridgehead atoms.